The number of rotatable bonds is 2. The first kappa shape index (κ1) is 10.8. The van der Waals surface area contributed by atoms with E-state index in [2.05, 4.69) is 0 Å². The number of hydrogen-bond acceptors (Lipinski definition) is 2. The van der Waals surface area contributed by atoms with Crippen LogP contribution in [0.5, 0.6) is 0 Å². The molecule has 0 aliphatic heterocycles. The molecule has 0 atom stereocenters. The molecule has 7 heteroatoms. The molecule has 0 aliphatic carbocycles. The van der Waals surface area contributed by atoms with Crippen molar-refractivity contribution in [2.45, 2.75) is 6.05 Å². The first-order valence-corrected chi connectivity index (χ1v) is 3.71. The van der Waals surface area contributed by atoms with E-state index in [4.69, 9.17) is 11.6 Å². The maximum absolute atomic E-state index is 12.8. The van der Waals surface area contributed by atoms with Gasteiger partial charge < -0.3 is 0 Å². The van der Waals surface area contributed by atoms with E-state index in [1.54, 1.807) is 0 Å². The summed E-state index contributed by atoms with van der Waals surface area (Å²) >= 11 is 5.29. The monoisotopic (exact) mass is 225 g/mol. The normalized spacial score (nSPS) is 11.4. The molecule has 0 spiro atoms. The number of nitro groups is 1. The van der Waals surface area contributed by atoms with Crippen LogP contribution in [-0.4, -0.2) is 4.92 Å². The van der Waals surface area contributed by atoms with Gasteiger partial charge in [-0.1, -0.05) is 11.6 Å². The van der Waals surface area contributed by atoms with Crippen LogP contribution >= 0.6 is 11.6 Å². The molecule has 1 aromatic carbocycles. The number of nitrogens with zero attached hydrogens (tertiary/aromatic N) is 1. The van der Waals surface area contributed by atoms with Gasteiger partial charge in [0.25, 0.3) is 0 Å². The Morgan fingerprint density at radius 2 is 2.00 bits per heavy atom. The van der Waals surface area contributed by atoms with Crippen molar-refractivity contribution in [3.8, 4) is 0 Å². The van der Waals surface area contributed by atoms with Gasteiger partial charge in [-0.2, -0.15) is 0 Å². The zero-order valence-electron chi connectivity index (χ0n) is 6.51. The van der Waals surface area contributed by atoms with Crippen LogP contribution in [0.4, 0.5) is 13.2 Å². The van der Waals surface area contributed by atoms with Crippen LogP contribution in [0.1, 0.15) is 5.56 Å². The summed E-state index contributed by atoms with van der Waals surface area (Å²) < 4.78 is 38.2. The van der Waals surface area contributed by atoms with E-state index >= 15 is 0 Å². The molecule has 0 aromatic heterocycles. The minimum absolute atomic E-state index is 0.106. The lowest BCUT2D eigenvalue weighted by Crippen LogP contribution is -2.25. The SMILES string of the molecule is O=[N+]([O-])C(F)(F)c1ccc(Cl)cc1F. The van der Waals surface area contributed by atoms with Gasteiger partial charge in [0.1, 0.15) is 16.3 Å². The van der Waals surface area contributed by atoms with Crippen molar-refractivity contribution in [1.82, 2.24) is 0 Å². The Bertz CT molecular complexity index is 383. The standard InChI is InChI=1S/C7H3ClF3NO2/c8-4-1-2-5(6(9)3-4)7(10,11)12(13)14/h1-3H. The van der Waals surface area contributed by atoms with Gasteiger partial charge in [0.2, 0.25) is 0 Å². The van der Waals surface area contributed by atoms with Crippen LogP contribution in [-0.2, 0) is 6.05 Å². The molecule has 0 bridgehead atoms. The first-order valence-electron chi connectivity index (χ1n) is 3.33. The second-order valence-corrected chi connectivity index (χ2v) is 2.86. The Morgan fingerprint density at radius 1 is 1.43 bits per heavy atom. The van der Waals surface area contributed by atoms with E-state index < -0.39 is 22.4 Å². The molecule has 0 N–H and O–H groups in total. The fraction of sp³-hybridized carbons (Fsp3) is 0.143. The smallest absolute Gasteiger partial charge is 0.259 e. The fourth-order valence-corrected chi connectivity index (χ4v) is 0.991. The summed E-state index contributed by atoms with van der Waals surface area (Å²) in [5.41, 5.74) is -1.30. The Morgan fingerprint density at radius 3 is 2.43 bits per heavy atom. The molecule has 0 aliphatic rings. The van der Waals surface area contributed by atoms with Crippen LogP contribution in [0, 0.1) is 15.9 Å². The summed E-state index contributed by atoms with van der Waals surface area (Å²) in [6.45, 7) is 0. The molecule has 0 saturated heterocycles. The highest BCUT2D eigenvalue weighted by atomic mass is 35.5. The number of alkyl halides is 2. The Balaban J connectivity index is 3.26. The summed E-state index contributed by atoms with van der Waals surface area (Å²) in [6, 6.07) is -2.30. The van der Waals surface area contributed by atoms with Gasteiger partial charge in [0, 0.05) is 5.02 Å². The molecule has 0 radical (unpaired) electrons. The third-order valence-electron chi connectivity index (χ3n) is 1.48. The van der Waals surface area contributed by atoms with Crippen molar-refractivity contribution in [3.63, 3.8) is 0 Å². The maximum Gasteiger partial charge on any atom is 0.542 e. The Labute approximate surface area is 81.2 Å². The van der Waals surface area contributed by atoms with Crippen molar-refractivity contribution >= 4 is 11.6 Å². The molecule has 0 unspecified atom stereocenters. The minimum atomic E-state index is -4.44. The predicted molar refractivity (Wildman–Crippen MR) is 42.3 cm³/mol. The summed E-state index contributed by atoms with van der Waals surface area (Å²) in [5.74, 6) is -1.40. The third kappa shape index (κ3) is 1.79. The topological polar surface area (TPSA) is 43.1 Å². The average molecular weight is 226 g/mol. The van der Waals surface area contributed by atoms with E-state index in [-0.39, 0.29) is 5.02 Å². The van der Waals surface area contributed by atoms with E-state index in [0.717, 1.165) is 6.07 Å². The summed E-state index contributed by atoms with van der Waals surface area (Å²) in [7, 11) is 0. The zero-order valence-corrected chi connectivity index (χ0v) is 7.26. The van der Waals surface area contributed by atoms with E-state index in [9.17, 15) is 23.3 Å². The molecule has 0 saturated carbocycles. The van der Waals surface area contributed by atoms with E-state index in [1.807, 2.05) is 0 Å². The van der Waals surface area contributed by atoms with Crippen LogP contribution in [0.3, 0.4) is 0 Å². The Hall–Kier alpha value is -1.30. The molecule has 1 rings (SSSR count). The fourth-order valence-electron chi connectivity index (χ4n) is 0.832. The molecular weight excluding hydrogens is 223 g/mol. The van der Waals surface area contributed by atoms with Crippen LogP contribution < -0.4 is 0 Å². The summed E-state index contributed by atoms with van der Waals surface area (Å²) in [6.07, 6.45) is 0. The molecule has 76 valence electrons. The molecule has 0 fully saturated rings. The summed E-state index contributed by atoms with van der Waals surface area (Å²) in [4.78, 5) is 8.05. The number of hydrogen-bond donors (Lipinski definition) is 0. The number of halogens is 4. The van der Waals surface area contributed by atoms with Gasteiger partial charge in [0.05, 0.1) is 0 Å². The van der Waals surface area contributed by atoms with Crippen molar-refractivity contribution in [2.24, 2.45) is 0 Å². The van der Waals surface area contributed by atoms with Gasteiger partial charge in [-0.25, -0.2) is 4.39 Å². The van der Waals surface area contributed by atoms with Crippen molar-refractivity contribution in [2.75, 3.05) is 0 Å². The lowest BCUT2D eigenvalue weighted by molar-refractivity contribution is -0.656. The van der Waals surface area contributed by atoms with E-state index in [1.165, 1.54) is 0 Å². The van der Waals surface area contributed by atoms with Gasteiger partial charge in [0.15, 0.2) is 0 Å². The van der Waals surface area contributed by atoms with Gasteiger partial charge in [-0.05, 0) is 18.2 Å². The second kappa shape index (κ2) is 3.45. The highest BCUT2D eigenvalue weighted by molar-refractivity contribution is 6.30. The zero-order chi connectivity index (χ0) is 10.9. The predicted octanol–water partition coefficient (Wildman–Crippen LogP) is 2.81. The quantitative estimate of drug-likeness (QED) is 0.441. The van der Waals surface area contributed by atoms with Gasteiger partial charge >= 0.3 is 6.05 Å². The lowest BCUT2D eigenvalue weighted by Gasteiger charge is -2.07. The molecule has 0 amide bonds. The molecule has 3 nitrogen and oxygen atoms in total. The van der Waals surface area contributed by atoms with Gasteiger partial charge in [-0.3, -0.25) is 10.1 Å². The van der Waals surface area contributed by atoms with Crippen LogP contribution in [0.15, 0.2) is 18.2 Å². The third-order valence-corrected chi connectivity index (χ3v) is 1.72. The minimum Gasteiger partial charge on any atom is -0.259 e. The molecule has 0 heterocycles. The average Bonchev–Trinajstić information content (AvgIpc) is 2.02. The lowest BCUT2D eigenvalue weighted by atomic mass is 10.2. The van der Waals surface area contributed by atoms with Crippen LogP contribution in [0.25, 0.3) is 0 Å². The van der Waals surface area contributed by atoms with Crippen molar-refractivity contribution in [1.29, 1.82) is 0 Å². The summed E-state index contributed by atoms with van der Waals surface area (Å²) in [5, 5.41) is 9.81. The molecule has 1 aromatic rings. The second-order valence-electron chi connectivity index (χ2n) is 2.42. The highest BCUT2D eigenvalue weighted by Gasteiger charge is 2.48. The van der Waals surface area contributed by atoms with Crippen molar-refractivity contribution in [3.05, 3.63) is 44.7 Å². The number of benzene rings is 1. The Kier molecular flexibility index (Phi) is 2.66. The van der Waals surface area contributed by atoms with Gasteiger partial charge in [-0.15, -0.1) is 8.78 Å². The maximum atomic E-state index is 12.8. The largest absolute Gasteiger partial charge is 0.542 e. The van der Waals surface area contributed by atoms with E-state index in [0.29, 0.717) is 12.1 Å². The first-order chi connectivity index (χ1) is 6.35. The molecule has 14 heavy (non-hydrogen) atoms. The highest BCUT2D eigenvalue weighted by Crippen LogP contribution is 2.31. The van der Waals surface area contributed by atoms with Crippen LogP contribution in [0.2, 0.25) is 5.02 Å². The van der Waals surface area contributed by atoms with Crippen molar-refractivity contribution < 1.29 is 18.1 Å². The molecular formula is C7H3ClF3NO2.